The van der Waals surface area contributed by atoms with E-state index in [1.54, 1.807) is 6.20 Å². The minimum atomic E-state index is -0.355. The summed E-state index contributed by atoms with van der Waals surface area (Å²) in [6.45, 7) is 2.34. The maximum atomic E-state index is 12.2. The Morgan fingerprint density at radius 3 is 2.66 bits per heavy atom. The molecule has 29 heavy (non-hydrogen) atoms. The molecule has 0 radical (unpaired) electrons. The second-order valence-electron chi connectivity index (χ2n) is 6.96. The van der Waals surface area contributed by atoms with Crippen LogP contribution in [0.3, 0.4) is 0 Å². The number of hydrogen-bond acceptors (Lipinski definition) is 3. The second kappa shape index (κ2) is 8.57. The lowest BCUT2D eigenvalue weighted by Gasteiger charge is -2.05. The van der Waals surface area contributed by atoms with Crippen LogP contribution in [0.4, 0.5) is 0 Å². The summed E-state index contributed by atoms with van der Waals surface area (Å²) in [7, 11) is 0. The highest BCUT2D eigenvalue weighted by Gasteiger charge is 2.12. The van der Waals surface area contributed by atoms with E-state index in [0.717, 1.165) is 39.7 Å². The number of aryl methyl sites for hydroxylation is 1. The fraction of sp³-hybridized carbons (Fsp3) is 0.120. The van der Waals surface area contributed by atoms with Crippen LogP contribution < -0.4 is 0 Å². The van der Waals surface area contributed by atoms with Crippen molar-refractivity contribution in [2.24, 2.45) is 0 Å². The van der Waals surface area contributed by atoms with Crippen LogP contribution in [0.5, 0.6) is 0 Å². The molecule has 0 aliphatic rings. The summed E-state index contributed by atoms with van der Waals surface area (Å²) in [5.41, 5.74) is 6.50. The van der Waals surface area contributed by atoms with E-state index in [4.69, 9.17) is 4.74 Å². The molecule has 0 atom stereocenters. The standard InChI is InChI=1S/C25H22N2O2/c1-18-22(15-20-9-6-14-26-16-20)25-21(10-5-11-23(25)27-18)12-13-24(28)29-17-19-7-3-2-4-8-19/h2-14,16,27H,15,17H2,1H3/b13-12+. The first-order chi connectivity index (χ1) is 14.2. The Bertz CT molecular complexity index is 1150. The number of rotatable bonds is 6. The molecule has 0 spiro atoms. The Balaban J connectivity index is 1.57. The Kier molecular flexibility index (Phi) is 5.52. The van der Waals surface area contributed by atoms with Crippen LogP contribution in [-0.4, -0.2) is 15.9 Å². The molecule has 0 aliphatic heterocycles. The average molecular weight is 382 g/mol. The average Bonchev–Trinajstić information content (AvgIpc) is 3.08. The van der Waals surface area contributed by atoms with Crippen LogP contribution in [0.15, 0.2) is 79.1 Å². The lowest BCUT2D eigenvalue weighted by atomic mass is 9.99. The molecule has 0 saturated carbocycles. The number of ether oxygens (including phenoxy) is 1. The fourth-order valence-corrected chi connectivity index (χ4v) is 3.48. The topological polar surface area (TPSA) is 55.0 Å². The van der Waals surface area contributed by atoms with Gasteiger partial charge in [0.2, 0.25) is 0 Å². The number of benzene rings is 2. The molecule has 2 heterocycles. The molecule has 0 saturated heterocycles. The molecule has 0 unspecified atom stereocenters. The molecule has 0 aliphatic carbocycles. The van der Waals surface area contributed by atoms with Crippen LogP contribution >= 0.6 is 0 Å². The number of esters is 1. The minimum Gasteiger partial charge on any atom is -0.458 e. The first-order valence-corrected chi connectivity index (χ1v) is 9.58. The highest BCUT2D eigenvalue weighted by Crippen LogP contribution is 2.28. The van der Waals surface area contributed by atoms with Gasteiger partial charge in [-0.15, -0.1) is 0 Å². The van der Waals surface area contributed by atoms with Crippen molar-refractivity contribution in [3.63, 3.8) is 0 Å². The zero-order valence-corrected chi connectivity index (χ0v) is 16.3. The number of carbonyl (C=O) groups is 1. The minimum absolute atomic E-state index is 0.268. The normalized spacial score (nSPS) is 11.2. The monoisotopic (exact) mass is 382 g/mol. The van der Waals surface area contributed by atoms with Gasteiger partial charge in [-0.2, -0.15) is 0 Å². The van der Waals surface area contributed by atoms with E-state index >= 15 is 0 Å². The van der Waals surface area contributed by atoms with Gasteiger partial charge in [-0.25, -0.2) is 4.79 Å². The lowest BCUT2D eigenvalue weighted by molar-refractivity contribution is -0.138. The lowest BCUT2D eigenvalue weighted by Crippen LogP contribution is -2.00. The first kappa shape index (κ1) is 18.7. The highest BCUT2D eigenvalue weighted by atomic mass is 16.5. The van der Waals surface area contributed by atoms with E-state index < -0.39 is 0 Å². The van der Waals surface area contributed by atoms with Crippen LogP contribution in [0.2, 0.25) is 0 Å². The maximum absolute atomic E-state index is 12.2. The van der Waals surface area contributed by atoms with Crippen molar-refractivity contribution >= 4 is 22.9 Å². The van der Waals surface area contributed by atoms with Crippen molar-refractivity contribution in [2.75, 3.05) is 0 Å². The second-order valence-corrected chi connectivity index (χ2v) is 6.96. The van der Waals surface area contributed by atoms with Crippen LogP contribution in [-0.2, 0) is 22.6 Å². The van der Waals surface area contributed by atoms with Gasteiger partial charge in [0, 0.05) is 41.5 Å². The van der Waals surface area contributed by atoms with Crippen LogP contribution in [0.25, 0.3) is 17.0 Å². The van der Waals surface area contributed by atoms with Gasteiger partial charge < -0.3 is 9.72 Å². The largest absolute Gasteiger partial charge is 0.458 e. The summed E-state index contributed by atoms with van der Waals surface area (Å²) in [5, 5.41) is 1.13. The number of hydrogen-bond donors (Lipinski definition) is 1. The molecule has 0 fully saturated rings. The van der Waals surface area contributed by atoms with E-state index in [1.807, 2.05) is 60.8 Å². The summed E-state index contributed by atoms with van der Waals surface area (Å²) in [5.74, 6) is -0.355. The Labute approximate surface area is 169 Å². The predicted octanol–water partition coefficient (Wildman–Crippen LogP) is 5.22. The van der Waals surface area contributed by atoms with Crippen molar-refractivity contribution in [3.8, 4) is 0 Å². The van der Waals surface area contributed by atoms with Gasteiger partial charge in [-0.05, 0) is 47.4 Å². The Morgan fingerprint density at radius 2 is 1.86 bits per heavy atom. The predicted molar refractivity (Wildman–Crippen MR) is 115 cm³/mol. The van der Waals surface area contributed by atoms with Gasteiger partial charge in [-0.1, -0.05) is 48.5 Å². The molecule has 0 amide bonds. The molecule has 1 N–H and O–H groups in total. The number of nitrogens with one attached hydrogen (secondary N) is 1. The van der Waals surface area contributed by atoms with Crippen molar-refractivity contribution in [2.45, 2.75) is 20.0 Å². The van der Waals surface area contributed by atoms with Gasteiger partial charge in [0.1, 0.15) is 6.61 Å². The summed E-state index contributed by atoms with van der Waals surface area (Å²) in [4.78, 5) is 19.9. The third-order valence-corrected chi connectivity index (χ3v) is 4.90. The summed E-state index contributed by atoms with van der Waals surface area (Å²) in [6.07, 6.45) is 7.77. The molecule has 4 heteroatoms. The Morgan fingerprint density at radius 1 is 1.03 bits per heavy atom. The summed E-state index contributed by atoms with van der Waals surface area (Å²) in [6, 6.07) is 19.7. The third kappa shape index (κ3) is 4.43. The summed E-state index contributed by atoms with van der Waals surface area (Å²) < 4.78 is 5.35. The zero-order chi connectivity index (χ0) is 20.1. The van der Waals surface area contributed by atoms with Gasteiger partial charge in [0.15, 0.2) is 0 Å². The number of carbonyl (C=O) groups excluding carboxylic acids is 1. The quantitative estimate of drug-likeness (QED) is 0.367. The SMILES string of the molecule is Cc1[nH]c2cccc(/C=C/C(=O)OCc3ccccc3)c2c1Cc1cccnc1. The molecular formula is C25H22N2O2. The molecule has 4 nitrogen and oxygen atoms in total. The highest BCUT2D eigenvalue weighted by molar-refractivity contribution is 5.96. The van der Waals surface area contributed by atoms with Crippen molar-refractivity contribution in [3.05, 3.63) is 107 Å². The van der Waals surface area contributed by atoms with Gasteiger partial charge >= 0.3 is 5.97 Å². The molecular weight excluding hydrogens is 360 g/mol. The molecule has 0 bridgehead atoms. The van der Waals surface area contributed by atoms with Gasteiger partial charge in [-0.3, -0.25) is 4.98 Å². The number of aromatic nitrogens is 2. The molecule has 2 aromatic carbocycles. The van der Waals surface area contributed by atoms with Crippen LogP contribution in [0.1, 0.15) is 27.9 Å². The molecule has 144 valence electrons. The maximum Gasteiger partial charge on any atom is 0.331 e. The summed E-state index contributed by atoms with van der Waals surface area (Å²) >= 11 is 0. The third-order valence-electron chi connectivity index (χ3n) is 4.90. The van der Waals surface area contributed by atoms with E-state index in [-0.39, 0.29) is 12.6 Å². The van der Waals surface area contributed by atoms with E-state index in [2.05, 4.69) is 29.0 Å². The van der Waals surface area contributed by atoms with Crippen molar-refractivity contribution in [1.82, 2.24) is 9.97 Å². The van der Waals surface area contributed by atoms with Crippen molar-refractivity contribution in [1.29, 1.82) is 0 Å². The molecule has 4 rings (SSSR count). The van der Waals surface area contributed by atoms with E-state index in [1.165, 1.54) is 11.6 Å². The smallest absolute Gasteiger partial charge is 0.331 e. The van der Waals surface area contributed by atoms with Gasteiger partial charge in [0.05, 0.1) is 0 Å². The number of fused-ring (bicyclic) bond motifs is 1. The number of aromatic amines is 1. The van der Waals surface area contributed by atoms with Gasteiger partial charge in [0.25, 0.3) is 0 Å². The molecule has 2 aromatic heterocycles. The van der Waals surface area contributed by atoms with E-state index in [9.17, 15) is 4.79 Å². The Hall–Kier alpha value is -3.66. The zero-order valence-electron chi connectivity index (χ0n) is 16.3. The van der Waals surface area contributed by atoms with E-state index in [0.29, 0.717) is 0 Å². The van der Waals surface area contributed by atoms with Crippen LogP contribution in [0, 0.1) is 6.92 Å². The number of H-pyrrole nitrogens is 1. The molecule has 4 aromatic rings. The van der Waals surface area contributed by atoms with Crippen molar-refractivity contribution < 1.29 is 9.53 Å². The first-order valence-electron chi connectivity index (χ1n) is 9.58. The fourth-order valence-electron chi connectivity index (χ4n) is 3.48. The number of nitrogens with zero attached hydrogens (tertiary/aromatic N) is 1. The number of pyridine rings is 1.